The Morgan fingerprint density at radius 2 is 1.73 bits per heavy atom. The third-order valence-electron chi connectivity index (χ3n) is 6.08. The van der Waals surface area contributed by atoms with E-state index in [-0.39, 0.29) is 36.1 Å². The molecule has 3 heterocycles. The molecule has 1 atom stereocenters. The Bertz CT molecular complexity index is 950. The molecule has 0 spiro atoms. The minimum absolute atomic E-state index is 0.0483. The zero-order chi connectivity index (χ0) is 23.4. The summed E-state index contributed by atoms with van der Waals surface area (Å²) in [5.41, 5.74) is 1.13. The van der Waals surface area contributed by atoms with Gasteiger partial charge in [0.1, 0.15) is 5.25 Å². The first-order chi connectivity index (χ1) is 15.9. The van der Waals surface area contributed by atoms with E-state index in [1.807, 2.05) is 0 Å². The van der Waals surface area contributed by atoms with Gasteiger partial charge in [-0.25, -0.2) is 0 Å². The number of likely N-dealkylation sites (tertiary alicyclic amines) is 2. The first kappa shape index (κ1) is 23.3. The summed E-state index contributed by atoms with van der Waals surface area (Å²) >= 11 is 1.37. The zero-order valence-corrected chi connectivity index (χ0v) is 19.5. The number of nitrogens with one attached hydrogen (secondary N) is 2. The van der Waals surface area contributed by atoms with Crippen molar-refractivity contribution in [2.75, 3.05) is 31.5 Å². The molecule has 0 radical (unpaired) electrons. The fourth-order valence-corrected chi connectivity index (χ4v) is 5.44. The van der Waals surface area contributed by atoms with Crippen LogP contribution in [0.4, 0.5) is 5.69 Å². The van der Waals surface area contributed by atoms with Gasteiger partial charge in [-0.15, -0.1) is 0 Å². The van der Waals surface area contributed by atoms with Gasteiger partial charge in [0.25, 0.3) is 11.8 Å². The van der Waals surface area contributed by atoms with Gasteiger partial charge in [0, 0.05) is 56.8 Å². The smallest absolute Gasteiger partial charge is 0.262 e. The number of nitrogens with zero attached hydrogens (tertiary/aromatic N) is 3. The third kappa shape index (κ3) is 5.93. The number of piperidine rings is 1. The van der Waals surface area contributed by atoms with Crippen molar-refractivity contribution >= 4 is 46.2 Å². The molecule has 9 nitrogen and oxygen atoms in total. The van der Waals surface area contributed by atoms with Crippen molar-refractivity contribution < 1.29 is 19.2 Å². The Morgan fingerprint density at radius 1 is 1.06 bits per heavy atom. The number of amidine groups is 1. The van der Waals surface area contributed by atoms with Crippen molar-refractivity contribution in [2.24, 2.45) is 4.99 Å². The molecule has 10 heteroatoms. The molecule has 2 saturated heterocycles. The highest BCUT2D eigenvalue weighted by molar-refractivity contribution is 8.15. The monoisotopic (exact) mass is 471 g/mol. The van der Waals surface area contributed by atoms with Crippen LogP contribution in [0, 0.1) is 0 Å². The normalized spacial score (nSPS) is 21.2. The molecule has 3 aliphatic rings. The van der Waals surface area contributed by atoms with Gasteiger partial charge in [-0.05, 0) is 49.9 Å². The van der Waals surface area contributed by atoms with Crippen LogP contribution in [0.2, 0.25) is 0 Å². The third-order valence-corrected chi connectivity index (χ3v) is 7.29. The molecule has 0 saturated carbocycles. The minimum atomic E-state index is -0.484. The van der Waals surface area contributed by atoms with E-state index in [9.17, 15) is 19.2 Å². The summed E-state index contributed by atoms with van der Waals surface area (Å²) in [4.78, 5) is 56.6. The molecular weight excluding hydrogens is 442 g/mol. The molecule has 4 rings (SSSR count). The van der Waals surface area contributed by atoms with Crippen molar-refractivity contribution in [3.8, 4) is 0 Å². The van der Waals surface area contributed by atoms with Crippen LogP contribution >= 0.6 is 11.8 Å². The molecule has 2 N–H and O–H groups in total. The van der Waals surface area contributed by atoms with E-state index in [1.165, 1.54) is 18.7 Å². The van der Waals surface area contributed by atoms with E-state index in [0.717, 1.165) is 43.9 Å². The summed E-state index contributed by atoms with van der Waals surface area (Å²) in [5, 5.41) is 5.96. The lowest BCUT2D eigenvalue weighted by Crippen LogP contribution is -2.46. The summed E-state index contributed by atoms with van der Waals surface area (Å²) in [6.45, 7) is 4.52. The second kappa shape index (κ2) is 10.4. The molecule has 1 aromatic carbocycles. The Hall–Kier alpha value is -2.88. The molecular formula is C23H29N5O4S. The van der Waals surface area contributed by atoms with Crippen molar-refractivity contribution in [3.05, 3.63) is 29.8 Å². The number of carbonyl (C=O) groups excluding carboxylic acids is 4. The van der Waals surface area contributed by atoms with E-state index in [0.29, 0.717) is 24.3 Å². The average Bonchev–Trinajstić information content (AvgIpc) is 3.44. The molecule has 4 amide bonds. The molecule has 0 aliphatic carbocycles. The van der Waals surface area contributed by atoms with E-state index in [4.69, 9.17) is 0 Å². The van der Waals surface area contributed by atoms with Crippen LogP contribution in [-0.2, 0) is 14.4 Å². The molecule has 0 bridgehead atoms. The summed E-state index contributed by atoms with van der Waals surface area (Å²) < 4.78 is 0. The summed E-state index contributed by atoms with van der Waals surface area (Å²) in [6.07, 6.45) is 3.74. The SMILES string of the molecule is CC(=O)NC1CCN(C(=O)c2ccc(NC(=O)CC3SC(N4CCCC4)=NC3=O)cc2)CC1. The second-order valence-corrected chi connectivity index (χ2v) is 9.80. The lowest BCUT2D eigenvalue weighted by atomic mass is 10.0. The second-order valence-electron chi connectivity index (χ2n) is 8.63. The van der Waals surface area contributed by atoms with Crippen LogP contribution < -0.4 is 10.6 Å². The van der Waals surface area contributed by atoms with Crippen molar-refractivity contribution in [1.82, 2.24) is 15.1 Å². The molecule has 3 aliphatic heterocycles. The number of carbonyl (C=O) groups is 4. The molecule has 33 heavy (non-hydrogen) atoms. The van der Waals surface area contributed by atoms with Gasteiger partial charge in [-0.3, -0.25) is 19.2 Å². The fraction of sp³-hybridized carbons (Fsp3) is 0.522. The van der Waals surface area contributed by atoms with Crippen LogP contribution in [0.5, 0.6) is 0 Å². The number of rotatable bonds is 5. The van der Waals surface area contributed by atoms with Crippen molar-refractivity contribution in [3.63, 3.8) is 0 Å². The Labute approximate surface area is 197 Å². The molecule has 1 aromatic rings. The van der Waals surface area contributed by atoms with Gasteiger partial charge in [0.2, 0.25) is 11.8 Å². The number of anilines is 1. The number of hydrogen-bond acceptors (Lipinski definition) is 6. The van der Waals surface area contributed by atoms with Crippen LogP contribution in [0.1, 0.15) is 49.4 Å². The summed E-state index contributed by atoms with van der Waals surface area (Å²) in [6, 6.07) is 6.91. The first-order valence-electron chi connectivity index (χ1n) is 11.4. The van der Waals surface area contributed by atoms with Crippen LogP contribution in [0.3, 0.4) is 0 Å². The quantitative estimate of drug-likeness (QED) is 0.678. The first-order valence-corrected chi connectivity index (χ1v) is 12.3. The van der Waals surface area contributed by atoms with Crippen molar-refractivity contribution in [1.29, 1.82) is 0 Å². The molecule has 176 valence electrons. The fourth-order valence-electron chi connectivity index (χ4n) is 4.33. The van der Waals surface area contributed by atoms with E-state index in [2.05, 4.69) is 20.5 Å². The standard InChI is InChI=1S/C23H29N5O4S/c1-15(29)24-18-8-12-27(13-9-18)22(32)16-4-6-17(7-5-16)25-20(30)14-19-21(31)26-23(33-19)28-10-2-3-11-28/h4-7,18-19H,2-3,8-14H2,1H3,(H,24,29)(H,25,30). The highest BCUT2D eigenvalue weighted by atomic mass is 32.2. The number of thioether (sulfide) groups is 1. The predicted octanol–water partition coefficient (Wildman–Crippen LogP) is 1.85. The van der Waals surface area contributed by atoms with Gasteiger partial charge in [0.05, 0.1) is 0 Å². The molecule has 1 unspecified atom stereocenters. The maximum atomic E-state index is 12.8. The predicted molar refractivity (Wildman–Crippen MR) is 127 cm³/mol. The highest BCUT2D eigenvalue weighted by Crippen LogP contribution is 2.29. The molecule has 0 aromatic heterocycles. The number of amides is 4. The lowest BCUT2D eigenvalue weighted by Gasteiger charge is -2.32. The maximum Gasteiger partial charge on any atom is 0.262 e. The van der Waals surface area contributed by atoms with Crippen LogP contribution in [0.25, 0.3) is 0 Å². The largest absolute Gasteiger partial charge is 0.353 e. The Morgan fingerprint density at radius 3 is 2.36 bits per heavy atom. The van der Waals surface area contributed by atoms with Gasteiger partial charge < -0.3 is 20.4 Å². The lowest BCUT2D eigenvalue weighted by molar-refractivity contribution is -0.121. The van der Waals surface area contributed by atoms with Gasteiger partial charge >= 0.3 is 0 Å². The van der Waals surface area contributed by atoms with Crippen LogP contribution in [-0.4, -0.2) is 76.1 Å². The van der Waals surface area contributed by atoms with E-state index < -0.39 is 5.25 Å². The summed E-state index contributed by atoms with van der Waals surface area (Å²) in [7, 11) is 0. The maximum absolute atomic E-state index is 12.8. The van der Waals surface area contributed by atoms with Gasteiger partial charge in [-0.2, -0.15) is 4.99 Å². The van der Waals surface area contributed by atoms with E-state index >= 15 is 0 Å². The topological polar surface area (TPSA) is 111 Å². The van der Waals surface area contributed by atoms with Gasteiger partial charge in [-0.1, -0.05) is 11.8 Å². The Balaban J connectivity index is 1.25. The number of hydrogen-bond donors (Lipinski definition) is 2. The van der Waals surface area contributed by atoms with Gasteiger partial charge in [0.15, 0.2) is 5.17 Å². The van der Waals surface area contributed by atoms with E-state index in [1.54, 1.807) is 29.2 Å². The average molecular weight is 472 g/mol. The summed E-state index contributed by atoms with van der Waals surface area (Å²) in [5.74, 6) is -0.611. The Kier molecular flexibility index (Phi) is 7.32. The number of aliphatic imine (C=N–C) groups is 1. The minimum Gasteiger partial charge on any atom is -0.353 e. The zero-order valence-electron chi connectivity index (χ0n) is 18.7. The molecule has 2 fully saturated rings. The van der Waals surface area contributed by atoms with Crippen LogP contribution in [0.15, 0.2) is 29.3 Å². The highest BCUT2D eigenvalue weighted by Gasteiger charge is 2.33. The number of benzene rings is 1. The van der Waals surface area contributed by atoms with Crippen molar-refractivity contribution in [2.45, 2.75) is 50.3 Å².